The van der Waals surface area contributed by atoms with Crippen LogP contribution < -0.4 is 4.74 Å². The minimum Gasteiger partial charge on any atom is -0.497 e. The van der Waals surface area contributed by atoms with Crippen LogP contribution in [-0.2, 0) is 34.1 Å². The van der Waals surface area contributed by atoms with E-state index in [1.807, 2.05) is 75.0 Å². The molecule has 0 saturated carbocycles. The summed E-state index contributed by atoms with van der Waals surface area (Å²) in [7, 11) is 5.81. The lowest BCUT2D eigenvalue weighted by Gasteiger charge is -2.20. The van der Waals surface area contributed by atoms with Gasteiger partial charge in [0.25, 0.3) is 0 Å². The molecule has 1 amide bonds. The number of ether oxygens (including phenoxy) is 2. The van der Waals surface area contributed by atoms with Gasteiger partial charge in [0.15, 0.2) is 0 Å². The van der Waals surface area contributed by atoms with Gasteiger partial charge in [-0.2, -0.15) is 0 Å². The molecule has 194 valence electrons. The largest absolute Gasteiger partial charge is 0.497 e. The predicted molar refractivity (Wildman–Crippen MR) is 142 cm³/mol. The van der Waals surface area contributed by atoms with E-state index in [1.165, 1.54) is 0 Å². The van der Waals surface area contributed by atoms with Crippen molar-refractivity contribution in [2.75, 3.05) is 41.0 Å². The fourth-order valence-electron chi connectivity index (χ4n) is 3.85. The van der Waals surface area contributed by atoms with Crippen molar-refractivity contribution < 1.29 is 18.5 Å². The van der Waals surface area contributed by atoms with E-state index in [0.717, 1.165) is 44.4 Å². The fraction of sp³-hybridized carbons (Fsp3) is 0.407. The molecule has 0 fully saturated rings. The molecule has 1 atom stereocenters. The summed E-state index contributed by atoms with van der Waals surface area (Å²) in [5.74, 6) is 1.60. The number of nitrogens with zero attached hydrogens (tertiary/aromatic N) is 4. The van der Waals surface area contributed by atoms with Gasteiger partial charge in [-0.25, -0.2) is 13.5 Å². The lowest BCUT2D eigenvalue weighted by molar-refractivity contribution is -0.135. The Bertz CT molecular complexity index is 1180. The summed E-state index contributed by atoms with van der Waals surface area (Å²) in [4.78, 5) is 19.5. The third kappa shape index (κ3) is 6.81. The van der Waals surface area contributed by atoms with Crippen molar-refractivity contribution in [3.63, 3.8) is 0 Å². The van der Waals surface area contributed by atoms with E-state index in [-0.39, 0.29) is 12.5 Å². The molecule has 0 aliphatic carbocycles. The SMILES string of the molecule is COc1cc(C)c(S(=O)N(C)CCOCC(=O)N(C)Cc2ccc(-c3cn(C)c(C)n3)cc2)c(C)c1. The molecule has 0 bridgehead atoms. The van der Waals surface area contributed by atoms with Crippen molar-refractivity contribution in [3.05, 3.63) is 65.1 Å². The lowest BCUT2D eigenvalue weighted by Crippen LogP contribution is -2.32. The lowest BCUT2D eigenvalue weighted by atomic mass is 10.1. The number of imidazole rings is 1. The third-order valence-corrected chi connectivity index (χ3v) is 7.85. The maximum atomic E-state index is 13.0. The Balaban J connectivity index is 1.45. The van der Waals surface area contributed by atoms with Gasteiger partial charge in [-0.05, 0) is 49.6 Å². The number of likely N-dealkylation sites (N-methyl/N-ethyl adjacent to an activating group) is 2. The minimum atomic E-state index is -1.33. The first kappa shape index (κ1) is 27.6. The topological polar surface area (TPSA) is 76.9 Å². The normalized spacial score (nSPS) is 12.1. The highest BCUT2D eigenvalue weighted by molar-refractivity contribution is 7.82. The van der Waals surface area contributed by atoms with Crippen LogP contribution in [0.3, 0.4) is 0 Å². The second-order valence-corrected chi connectivity index (χ2v) is 10.5. The molecule has 0 spiro atoms. The number of amides is 1. The average molecular weight is 513 g/mol. The first-order valence-electron chi connectivity index (χ1n) is 11.8. The molecular weight excluding hydrogens is 476 g/mol. The molecule has 2 aromatic carbocycles. The van der Waals surface area contributed by atoms with Gasteiger partial charge in [-0.1, -0.05) is 24.3 Å². The number of rotatable bonds is 11. The molecule has 0 N–H and O–H groups in total. The molecule has 3 aromatic rings. The number of benzene rings is 2. The summed E-state index contributed by atoms with van der Waals surface area (Å²) in [6, 6.07) is 11.8. The second-order valence-electron chi connectivity index (χ2n) is 8.97. The van der Waals surface area contributed by atoms with Crippen molar-refractivity contribution in [1.82, 2.24) is 18.8 Å². The molecule has 0 radical (unpaired) electrons. The summed E-state index contributed by atoms with van der Waals surface area (Å²) in [5, 5.41) is 0. The molecular formula is C27H36N4O4S. The van der Waals surface area contributed by atoms with Gasteiger partial charge >= 0.3 is 0 Å². The highest BCUT2D eigenvalue weighted by Crippen LogP contribution is 2.25. The molecule has 36 heavy (non-hydrogen) atoms. The van der Waals surface area contributed by atoms with Crippen LogP contribution >= 0.6 is 0 Å². The van der Waals surface area contributed by atoms with Crippen LogP contribution in [0.5, 0.6) is 5.75 Å². The van der Waals surface area contributed by atoms with Gasteiger partial charge in [0.1, 0.15) is 29.2 Å². The first-order chi connectivity index (χ1) is 17.1. The quantitative estimate of drug-likeness (QED) is 0.367. The van der Waals surface area contributed by atoms with Crippen LogP contribution in [-0.4, -0.2) is 69.8 Å². The van der Waals surface area contributed by atoms with E-state index in [4.69, 9.17) is 9.47 Å². The Hall–Kier alpha value is -3.01. The molecule has 9 heteroatoms. The van der Waals surface area contributed by atoms with Gasteiger partial charge in [0, 0.05) is 46.0 Å². The standard InChI is InChI=1S/C27H36N4O4S/c1-19-14-24(34-7)15-20(2)27(19)36(33)31(6)12-13-35-18-26(32)30(5)16-22-8-10-23(11-9-22)25-17-29(4)21(3)28-25/h8-11,14-15,17H,12-13,16,18H2,1-7H3. The van der Waals surface area contributed by atoms with Gasteiger partial charge in [0.2, 0.25) is 5.91 Å². The molecule has 8 nitrogen and oxygen atoms in total. The van der Waals surface area contributed by atoms with Crippen LogP contribution in [0.15, 0.2) is 47.5 Å². The number of carbonyl (C=O) groups excluding carboxylic acids is 1. The molecule has 0 aliphatic rings. The zero-order chi connectivity index (χ0) is 26.4. The van der Waals surface area contributed by atoms with Gasteiger partial charge in [-0.3, -0.25) is 4.79 Å². The summed E-state index contributed by atoms with van der Waals surface area (Å²) in [5.41, 5.74) is 4.84. The molecule has 0 saturated heterocycles. The fourth-order valence-corrected chi connectivity index (χ4v) is 5.07. The highest BCUT2D eigenvalue weighted by atomic mass is 32.2. The molecule has 1 unspecified atom stereocenters. The van der Waals surface area contributed by atoms with Gasteiger partial charge < -0.3 is 18.9 Å². The van der Waals surface area contributed by atoms with Crippen LogP contribution in [0.2, 0.25) is 0 Å². The number of carbonyl (C=O) groups is 1. The van der Waals surface area contributed by atoms with Crippen molar-refractivity contribution in [1.29, 1.82) is 0 Å². The molecule has 3 rings (SSSR count). The smallest absolute Gasteiger partial charge is 0.248 e. The number of aromatic nitrogens is 2. The highest BCUT2D eigenvalue weighted by Gasteiger charge is 2.17. The monoisotopic (exact) mass is 512 g/mol. The van der Waals surface area contributed by atoms with Crippen LogP contribution in [0.1, 0.15) is 22.5 Å². The van der Waals surface area contributed by atoms with Crippen LogP contribution in [0, 0.1) is 20.8 Å². The number of aryl methyl sites for hydroxylation is 4. The summed E-state index contributed by atoms with van der Waals surface area (Å²) >= 11 is 0. The van der Waals surface area contributed by atoms with Crippen LogP contribution in [0.4, 0.5) is 0 Å². The zero-order valence-electron chi connectivity index (χ0n) is 22.2. The average Bonchev–Trinajstić information content (AvgIpc) is 3.19. The third-order valence-electron chi connectivity index (χ3n) is 6.11. The Kier molecular flexibility index (Phi) is 9.42. The van der Waals surface area contributed by atoms with E-state index in [9.17, 15) is 9.00 Å². The maximum absolute atomic E-state index is 13.0. The van der Waals surface area contributed by atoms with Crippen molar-refractivity contribution >= 4 is 16.9 Å². The van der Waals surface area contributed by atoms with Crippen molar-refractivity contribution in [3.8, 4) is 17.0 Å². The Morgan fingerprint density at radius 3 is 2.28 bits per heavy atom. The van der Waals surface area contributed by atoms with Gasteiger partial charge in [-0.15, -0.1) is 0 Å². The van der Waals surface area contributed by atoms with Crippen molar-refractivity contribution in [2.45, 2.75) is 32.2 Å². The number of hydrogen-bond donors (Lipinski definition) is 0. The van der Waals surface area contributed by atoms with E-state index in [1.54, 1.807) is 30.4 Å². The second kappa shape index (κ2) is 12.3. The Morgan fingerprint density at radius 2 is 1.72 bits per heavy atom. The maximum Gasteiger partial charge on any atom is 0.248 e. The Morgan fingerprint density at radius 1 is 1.08 bits per heavy atom. The summed E-state index contributed by atoms with van der Waals surface area (Å²) < 4.78 is 27.6. The minimum absolute atomic E-state index is 0.0249. The first-order valence-corrected chi connectivity index (χ1v) is 12.9. The van der Waals surface area contributed by atoms with E-state index in [0.29, 0.717) is 19.7 Å². The number of hydrogen-bond acceptors (Lipinski definition) is 5. The molecule has 1 aromatic heterocycles. The predicted octanol–water partition coefficient (Wildman–Crippen LogP) is 3.65. The van der Waals surface area contributed by atoms with E-state index in [2.05, 4.69) is 4.98 Å². The molecule has 0 aliphatic heterocycles. The Labute approximate surface area is 216 Å². The zero-order valence-corrected chi connectivity index (χ0v) is 23.0. The van der Waals surface area contributed by atoms with E-state index < -0.39 is 11.0 Å². The summed E-state index contributed by atoms with van der Waals surface area (Å²) in [6.45, 7) is 7.02. The summed E-state index contributed by atoms with van der Waals surface area (Å²) in [6.07, 6.45) is 2.00. The van der Waals surface area contributed by atoms with Crippen LogP contribution in [0.25, 0.3) is 11.3 Å². The number of methoxy groups -OCH3 is 1. The molecule has 1 heterocycles. The van der Waals surface area contributed by atoms with Gasteiger partial charge in [0.05, 0.1) is 24.3 Å². The van der Waals surface area contributed by atoms with Crippen molar-refractivity contribution in [2.24, 2.45) is 7.05 Å². The van der Waals surface area contributed by atoms with E-state index >= 15 is 0 Å².